The zero-order valence-electron chi connectivity index (χ0n) is 13.0. The molecule has 0 aromatic heterocycles. The van der Waals surface area contributed by atoms with E-state index in [2.05, 4.69) is 0 Å². The first-order valence-corrected chi connectivity index (χ1v) is 9.18. The van der Waals surface area contributed by atoms with Crippen molar-refractivity contribution < 1.29 is 35.5 Å². The van der Waals surface area contributed by atoms with Crippen molar-refractivity contribution in [3.63, 3.8) is 0 Å². The van der Waals surface area contributed by atoms with Gasteiger partial charge >= 0.3 is 16.3 Å². The molecule has 2 bridgehead atoms. The molecule has 10 heteroatoms. The Morgan fingerprint density at radius 3 is 1.92 bits per heavy atom. The van der Waals surface area contributed by atoms with E-state index in [-0.39, 0.29) is 16.9 Å². The van der Waals surface area contributed by atoms with Crippen LogP contribution in [0.5, 0.6) is 0 Å². The number of amides is 2. The van der Waals surface area contributed by atoms with Gasteiger partial charge in [-0.25, -0.2) is 0 Å². The van der Waals surface area contributed by atoms with Gasteiger partial charge in [0.2, 0.25) is 0 Å². The Kier molecular flexibility index (Phi) is 3.58. The summed E-state index contributed by atoms with van der Waals surface area (Å²) in [5.41, 5.74) is -1.03. The molecule has 0 radical (unpaired) electrons. The smallest absolute Gasteiger partial charge is 0.272 e. The summed E-state index contributed by atoms with van der Waals surface area (Å²) in [5.74, 6) is -2.98. The van der Waals surface area contributed by atoms with E-state index in [1.54, 1.807) is 0 Å². The molecule has 4 atom stereocenters. The number of fused-ring (bicyclic) bond motifs is 5. The van der Waals surface area contributed by atoms with Crippen LogP contribution in [0, 0.1) is 23.7 Å². The molecule has 6 nitrogen and oxygen atoms in total. The molecule has 1 saturated heterocycles. The lowest BCUT2D eigenvalue weighted by molar-refractivity contribution is -0.166. The molecule has 1 aromatic carbocycles. The Labute approximate surface area is 146 Å². The lowest BCUT2D eigenvalue weighted by Crippen LogP contribution is -2.35. The van der Waals surface area contributed by atoms with Gasteiger partial charge in [-0.3, -0.25) is 9.59 Å². The molecular formula is C16H12F3NO5S. The number of nitrogens with zero attached hydrogens (tertiary/aromatic N) is 1. The molecule has 2 aliphatic carbocycles. The lowest BCUT2D eigenvalue weighted by Gasteiger charge is -2.16. The first kappa shape index (κ1) is 17.2. The second-order valence-electron chi connectivity index (χ2n) is 6.52. The first-order chi connectivity index (χ1) is 12.1. The van der Waals surface area contributed by atoms with Gasteiger partial charge in [0.1, 0.15) is 0 Å². The largest absolute Gasteiger partial charge is 0.416 e. The maximum Gasteiger partial charge on any atom is 0.416 e. The number of carbonyl (C=O) groups excluding carboxylic acids is 2. The lowest BCUT2D eigenvalue weighted by atomic mass is 9.85. The van der Waals surface area contributed by atoms with Gasteiger partial charge in [0.15, 0.2) is 0 Å². The number of hydroxylamine groups is 2. The van der Waals surface area contributed by atoms with Crippen molar-refractivity contribution >= 4 is 21.9 Å². The van der Waals surface area contributed by atoms with Crippen LogP contribution in [0.2, 0.25) is 0 Å². The molecule has 0 spiro atoms. The third-order valence-corrected chi connectivity index (χ3v) is 6.27. The third kappa shape index (κ3) is 2.47. The van der Waals surface area contributed by atoms with Crippen LogP contribution in [0.1, 0.15) is 12.0 Å². The fourth-order valence-electron chi connectivity index (χ4n) is 3.90. The Bertz CT molecular complexity index is 892. The van der Waals surface area contributed by atoms with E-state index >= 15 is 0 Å². The van der Waals surface area contributed by atoms with Gasteiger partial charge in [0, 0.05) is 0 Å². The molecule has 2 amide bonds. The van der Waals surface area contributed by atoms with Crippen molar-refractivity contribution in [2.75, 3.05) is 0 Å². The van der Waals surface area contributed by atoms with Crippen LogP contribution < -0.4 is 0 Å². The van der Waals surface area contributed by atoms with E-state index in [0.717, 1.165) is 12.1 Å². The van der Waals surface area contributed by atoms with Crippen LogP contribution in [0.15, 0.2) is 41.3 Å². The van der Waals surface area contributed by atoms with Crippen molar-refractivity contribution in [2.24, 2.45) is 23.7 Å². The van der Waals surface area contributed by atoms with Crippen LogP contribution in [0.3, 0.4) is 0 Å². The van der Waals surface area contributed by atoms with E-state index in [1.807, 2.05) is 12.2 Å². The standard InChI is InChI=1S/C16H12F3NO5S/c17-16(18,19)10-3-5-11(6-4-10)26(23,24)25-20-14(21)12-8-1-2-9(7-8)13(12)15(20)22/h1-6,8-9,12-13H,7H2. The average Bonchev–Trinajstić information content (AvgIpc) is 3.24. The zero-order valence-corrected chi connectivity index (χ0v) is 13.8. The van der Waals surface area contributed by atoms with E-state index in [0.29, 0.717) is 18.6 Å². The number of hydrogen-bond acceptors (Lipinski definition) is 5. The summed E-state index contributed by atoms with van der Waals surface area (Å²) in [6.45, 7) is 0. The summed E-state index contributed by atoms with van der Waals surface area (Å²) in [6.07, 6.45) is -0.268. The molecule has 1 aliphatic heterocycles. The summed E-state index contributed by atoms with van der Waals surface area (Å²) < 4.78 is 67.0. The van der Waals surface area contributed by atoms with E-state index in [4.69, 9.17) is 4.28 Å². The molecule has 3 aliphatic rings. The molecule has 1 heterocycles. The maximum atomic E-state index is 12.6. The zero-order chi connectivity index (χ0) is 18.9. The number of allylic oxidation sites excluding steroid dienone is 2. The first-order valence-electron chi connectivity index (χ1n) is 7.77. The second kappa shape index (κ2) is 5.40. The van der Waals surface area contributed by atoms with Crippen LogP contribution in [0.4, 0.5) is 13.2 Å². The number of benzene rings is 1. The molecular weight excluding hydrogens is 375 g/mol. The number of halogens is 3. The molecule has 138 valence electrons. The third-order valence-electron chi connectivity index (χ3n) is 5.07. The molecule has 2 fully saturated rings. The van der Waals surface area contributed by atoms with Gasteiger partial charge in [0.25, 0.3) is 11.8 Å². The summed E-state index contributed by atoms with van der Waals surface area (Å²) in [6, 6.07) is 2.61. The summed E-state index contributed by atoms with van der Waals surface area (Å²) in [4.78, 5) is 24.3. The predicted octanol–water partition coefficient (Wildman–Crippen LogP) is 2.13. The van der Waals surface area contributed by atoms with Crippen molar-refractivity contribution in [3.05, 3.63) is 42.0 Å². The SMILES string of the molecule is O=C1C2C3C=CC(C3)C2C(=O)N1OS(=O)(=O)c1ccc(C(F)(F)F)cc1. The van der Waals surface area contributed by atoms with Gasteiger partial charge in [0.05, 0.1) is 22.3 Å². The predicted molar refractivity (Wildman–Crippen MR) is 79.3 cm³/mol. The van der Waals surface area contributed by atoms with Crippen molar-refractivity contribution in [1.29, 1.82) is 0 Å². The summed E-state index contributed by atoms with van der Waals surface area (Å²) in [7, 11) is -4.62. The molecule has 1 aromatic rings. The van der Waals surface area contributed by atoms with Gasteiger partial charge < -0.3 is 0 Å². The van der Waals surface area contributed by atoms with Crippen molar-refractivity contribution in [2.45, 2.75) is 17.5 Å². The van der Waals surface area contributed by atoms with Crippen LogP contribution in [-0.4, -0.2) is 25.3 Å². The Balaban J connectivity index is 1.57. The summed E-state index contributed by atoms with van der Waals surface area (Å²) >= 11 is 0. The van der Waals surface area contributed by atoms with Crippen LogP contribution in [-0.2, 0) is 30.2 Å². The van der Waals surface area contributed by atoms with Crippen molar-refractivity contribution in [1.82, 2.24) is 5.06 Å². The number of rotatable bonds is 3. The Hall–Kier alpha value is -2.20. The minimum Gasteiger partial charge on any atom is -0.272 e. The van der Waals surface area contributed by atoms with Gasteiger partial charge in [-0.05, 0) is 42.5 Å². The monoisotopic (exact) mass is 387 g/mol. The molecule has 4 rings (SSSR count). The fourth-order valence-corrected chi connectivity index (χ4v) is 4.80. The quantitative estimate of drug-likeness (QED) is 0.586. The van der Waals surface area contributed by atoms with Gasteiger partial charge in [-0.15, -0.1) is 9.35 Å². The average molecular weight is 387 g/mol. The number of carbonyl (C=O) groups is 2. The minimum atomic E-state index is -4.62. The molecule has 0 N–H and O–H groups in total. The topological polar surface area (TPSA) is 80.8 Å². The molecule has 4 unspecified atom stereocenters. The fraction of sp³-hybridized carbons (Fsp3) is 0.375. The highest BCUT2D eigenvalue weighted by Crippen LogP contribution is 2.52. The van der Waals surface area contributed by atoms with Gasteiger partial charge in [-0.2, -0.15) is 21.6 Å². The number of imide groups is 1. The molecule has 26 heavy (non-hydrogen) atoms. The van der Waals surface area contributed by atoms with Crippen LogP contribution >= 0.6 is 0 Å². The highest BCUT2D eigenvalue weighted by atomic mass is 32.2. The van der Waals surface area contributed by atoms with Crippen molar-refractivity contribution in [3.8, 4) is 0 Å². The van der Waals surface area contributed by atoms with E-state index < -0.39 is 50.4 Å². The highest BCUT2D eigenvalue weighted by Gasteiger charge is 2.60. The van der Waals surface area contributed by atoms with E-state index in [1.165, 1.54) is 0 Å². The maximum absolute atomic E-state index is 12.6. The van der Waals surface area contributed by atoms with E-state index in [9.17, 15) is 31.2 Å². The Morgan fingerprint density at radius 1 is 0.962 bits per heavy atom. The normalized spacial score (nSPS) is 30.3. The number of hydrogen-bond donors (Lipinski definition) is 0. The second-order valence-corrected chi connectivity index (χ2v) is 8.05. The molecule has 1 saturated carbocycles. The highest BCUT2D eigenvalue weighted by molar-refractivity contribution is 7.86. The summed E-state index contributed by atoms with van der Waals surface area (Å²) in [5, 5.41) is 0.245. The van der Waals surface area contributed by atoms with Crippen LogP contribution in [0.25, 0.3) is 0 Å². The minimum absolute atomic E-state index is 0.121. The van der Waals surface area contributed by atoms with Gasteiger partial charge in [-0.1, -0.05) is 12.2 Å². The number of alkyl halides is 3. The Morgan fingerprint density at radius 2 is 1.46 bits per heavy atom.